The highest BCUT2D eigenvalue weighted by Gasteiger charge is 2.47. The molecule has 0 aliphatic heterocycles. The van der Waals surface area contributed by atoms with Gasteiger partial charge in [-0.05, 0) is 29.5 Å². The van der Waals surface area contributed by atoms with Crippen molar-refractivity contribution in [2.45, 2.75) is 70.4 Å². The molecule has 0 radical (unpaired) electrons. The first-order chi connectivity index (χ1) is 8.90. The summed E-state index contributed by atoms with van der Waals surface area (Å²) in [6.45, 7) is 6.58. The lowest BCUT2D eigenvalue weighted by Crippen LogP contribution is -2.60. The van der Waals surface area contributed by atoms with Gasteiger partial charge in [0.05, 0.1) is 5.66 Å². The van der Waals surface area contributed by atoms with Crippen molar-refractivity contribution in [2.75, 3.05) is 0 Å². The van der Waals surface area contributed by atoms with E-state index in [1.807, 2.05) is 0 Å². The van der Waals surface area contributed by atoms with Gasteiger partial charge in [0.2, 0.25) is 0 Å². The molecule has 0 saturated heterocycles. The number of unbranched alkanes of at least 4 members (excludes halogenated alkanes) is 3. The molecule has 2 heteroatoms. The Morgan fingerprint density at radius 1 is 1.11 bits per heavy atom. The van der Waals surface area contributed by atoms with Crippen molar-refractivity contribution in [2.24, 2.45) is 11.5 Å². The van der Waals surface area contributed by atoms with Crippen molar-refractivity contribution in [3.05, 3.63) is 34.9 Å². The van der Waals surface area contributed by atoms with Gasteiger partial charge < -0.3 is 11.5 Å². The van der Waals surface area contributed by atoms with Gasteiger partial charge in [-0.15, -0.1) is 0 Å². The van der Waals surface area contributed by atoms with Gasteiger partial charge in [-0.2, -0.15) is 0 Å². The highest BCUT2D eigenvalue weighted by molar-refractivity contribution is 5.48. The second kappa shape index (κ2) is 5.26. The van der Waals surface area contributed by atoms with Crippen molar-refractivity contribution in [1.82, 2.24) is 0 Å². The van der Waals surface area contributed by atoms with Gasteiger partial charge in [0, 0.05) is 11.8 Å². The standard InChI is InChI=1S/C17H28N2/c1-4-5-6-7-9-13-10-8-11-15-14(13)12-17(18,19)16(15,2)3/h8,10-11H,4-7,9,12,18-19H2,1-3H3. The van der Waals surface area contributed by atoms with E-state index in [0.29, 0.717) is 0 Å². The third-order valence-corrected chi connectivity index (χ3v) is 4.88. The number of aryl methyl sites for hydroxylation is 1. The summed E-state index contributed by atoms with van der Waals surface area (Å²) in [5.74, 6) is 0. The fourth-order valence-corrected chi connectivity index (χ4v) is 3.17. The van der Waals surface area contributed by atoms with Crippen LogP contribution in [0.3, 0.4) is 0 Å². The highest BCUT2D eigenvalue weighted by Crippen LogP contribution is 2.43. The molecule has 2 nitrogen and oxygen atoms in total. The third-order valence-electron chi connectivity index (χ3n) is 4.88. The quantitative estimate of drug-likeness (QED) is 0.630. The van der Waals surface area contributed by atoms with Crippen LogP contribution in [0.25, 0.3) is 0 Å². The summed E-state index contributed by atoms with van der Waals surface area (Å²) < 4.78 is 0. The summed E-state index contributed by atoms with van der Waals surface area (Å²) in [6.07, 6.45) is 7.17. The lowest BCUT2D eigenvalue weighted by molar-refractivity contribution is 0.291. The van der Waals surface area contributed by atoms with Crippen LogP contribution < -0.4 is 11.5 Å². The number of nitrogens with two attached hydrogens (primary N) is 2. The molecule has 0 heterocycles. The normalized spacial score (nSPS) is 19.4. The van der Waals surface area contributed by atoms with Crippen LogP contribution in [0.15, 0.2) is 18.2 Å². The molecule has 1 aliphatic rings. The molecule has 106 valence electrons. The zero-order valence-corrected chi connectivity index (χ0v) is 12.6. The molecule has 0 amide bonds. The van der Waals surface area contributed by atoms with E-state index >= 15 is 0 Å². The van der Waals surface area contributed by atoms with Crippen LogP contribution in [0.2, 0.25) is 0 Å². The average Bonchev–Trinajstić information content (AvgIpc) is 2.53. The lowest BCUT2D eigenvalue weighted by atomic mass is 9.79. The van der Waals surface area contributed by atoms with Gasteiger partial charge in [-0.1, -0.05) is 58.2 Å². The second-order valence-corrected chi connectivity index (χ2v) is 6.60. The fourth-order valence-electron chi connectivity index (χ4n) is 3.17. The molecule has 2 rings (SSSR count). The first kappa shape index (κ1) is 14.5. The van der Waals surface area contributed by atoms with E-state index in [-0.39, 0.29) is 5.41 Å². The van der Waals surface area contributed by atoms with Crippen molar-refractivity contribution in [3.8, 4) is 0 Å². The maximum absolute atomic E-state index is 6.33. The molecule has 0 aromatic heterocycles. The molecule has 0 fully saturated rings. The fraction of sp³-hybridized carbons (Fsp3) is 0.647. The van der Waals surface area contributed by atoms with Crippen LogP contribution in [-0.2, 0) is 18.3 Å². The van der Waals surface area contributed by atoms with E-state index in [1.165, 1.54) is 42.4 Å². The minimum Gasteiger partial charge on any atom is -0.312 e. The summed E-state index contributed by atoms with van der Waals surface area (Å²) in [6, 6.07) is 6.62. The highest BCUT2D eigenvalue weighted by atomic mass is 15.0. The van der Waals surface area contributed by atoms with Gasteiger partial charge >= 0.3 is 0 Å². The predicted octanol–water partition coefficient (Wildman–Crippen LogP) is 3.26. The van der Waals surface area contributed by atoms with Crippen LogP contribution >= 0.6 is 0 Å². The number of hydrogen-bond donors (Lipinski definition) is 2. The first-order valence-electron chi connectivity index (χ1n) is 7.59. The van der Waals surface area contributed by atoms with E-state index in [9.17, 15) is 0 Å². The molecule has 4 N–H and O–H groups in total. The SMILES string of the molecule is CCCCCCc1cccc2c1CC(N)(N)C2(C)C. The first-order valence-corrected chi connectivity index (χ1v) is 7.59. The Morgan fingerprint density at radius 3 is 2.53 bits per heavy atom. The number of rotatable bonds is 5. The Hall–Kier alpha value is -0.860. The Bertz CT molecular complexity index is 447. The Labute approximate surface area is 117 Å². The molecule has 0 saturated carbocycles. The molecule has 1 aromatic rings. The molecule has 0 spiro atoms. The summed E-state index contributed by atoms with van der Waals surface area (Å²) in [5.41, 5.74) is 16.1. The van der Waals surface area contributed by atoms with Crippen molar-refractivity contribution in [3.63, 3.8) is 0 Å². The van der Waals surface area contributed by atoms with E-state index < -0.39 is 5.66 Å². The monoisotopic (exact) mass is 260 g/mol. The van der Waals surface area contributed by atoms with Crippen molar-refractivity contribution in [1.29, 1.82) is 0 Å². The Morgan fingerprint density at radius 2 is 1.84 bits per heavy atom. The summed E-state index contributed by atoms with van der Waals surface area (Å²) >= 11 is 0. The lowest BCUT2D eigenvalue weighted by Gasteiger charge is -2.34. The Balaban J connectivity index is 2.20. The summed E-state index contributed by atoms with van der Waals surface area (Å²) in [5, 5.41) is 0. The molecule has 0 unspecified atom stereocenters. The molecule has 1 aromatic carbocycles. The largest absolute Gasteiger partial charge is 0.312 e. The van der Waals surface area contributed by atoms with Crippen LogP contribution in [0.4, 0.5) is 0 Å². The average molecular weight is 260 g/mol. The summed E-state index contributed by atoms with van der Waals surface area (Å²) in [7, 11) is 0. The van der Waals surface area contributed by atoms with E-state index in [0.717, 1.165) is 12.8 Å². The van der Waals surface area contributed by atoms with Gasteiger partial charge in [0.25, 0.3) is 0 Å². The molecule has 19 heavy (non-hydrogen) atoms. The van der Waals surface area contributed by atoms with Crippen LogP contribution in [0, 0.1) is 0 Å². The van der Waals surface area contributed by atoms with Crippen LogP contribution in [0.5, 0.6) is 0 Å². The topological polar surface area (TPSA) is 52.0 Å². The minimum atomic E-state index is -0.616. The summed E-state index contributed by atoms with van der Waals surface area (Å²) in [4.78, 5) is 0. The van der Waals surface area contributed by atoms with E-state index in [1.54, 1.807) is 0 Å². The smallest absolute Gasteiger partial charge is 0.0772 e. The van der Waals surface area contributed by atoms with Crippen LogP contribution in [-0.4, -0.2) is 5.66 Å². The zero-order chi connectivity index (χ0) is 14.1. The molecular formula is C17H28N2. The van der Waals surface area contributed by atoms with Gasteiger partial charge in [-0.25, -0.2) is 0 Å². The van der Waals surface area contributed by atoms with E-state index in [2.05, 4.69) is 39.0 Å². The molecule has 1 aliphatic carbocycles. The van der Waals surface area contributed by atoms with Gasteiger partial charge in [-0.3, -0.25) is 0 Å². The Kier molecular flexibility index (Phi) is 4.03. The molecule has 0 bridgehead atoms. The van der Waals surface area contributed by atoms with E-state index in [4.69, 9.17) is 11.5 Å². The number of hydrogen-bond acceptors (Lipinski definition) is 2. The zero-order valence-electron chi connectivity index (χ0n) is 12.6. The predicted molar refractivity (Wildman–Crippen MR) is 82.1 cm³/mol. The van der Waals surface area contributed by atoms with Gasteiger partial charge in [0.15, 0.2) is 0 Å². The number of benzene rings is 1. The minimum absolute atomic E-state index is 0.137. The van der Waals surface area contributed by atoms with Crippen molar-refractivity contribution < 1.29 is 0 Å². The maximum Gasteiger partial charge on any atom is 0.0772 e. The second-order valence-electron chi connectivity index (χ2n) is 6.60. The number of fused-ring (bicyclic) bond motifs is 1. The van der Waals surface area contributed by atoms with Gasteiger partial charge in [0.1, 0.15) is 0 Å². The van der Waals surface area contributed by atoms with Crippen LogP contribution in [0.1, 0.15) is 63.1 Å². The maximum atomic E-state index is 6.33. The molecular weight excluding hydrogens is 232 g/mol. The van der Waals surface area contributed by atoms with Crippen molar-refractivity contribution >= 4 is 0 Å². The molecule has 0 atom stereocenters. The third kappa shape index (κ3) is 2.56.